The Kier molecular flexibility index (Phi) is 8.22. The molecule has 1 saturated carbocycles. The van der Waals surface area contributed by atoms with E-state index in [1.165, 1.54) is 11.1 Å². The van der Waals surface area contributed by atoms with Crippen molar-refractivity contribution in [3.05, 3.63) is 76.6 Å². The van der Waals surface area contributed by atoms with Crippen LogP contribution in [0.3, 0.4) is 0 Å². The minimum Gasteiger partial charge on any atom is -0.479 e. The number of halogens is 1. The smallest absolute Gasteiger partial charge is 0.333 e. The molecular weight excluding hydrogens is 498 g/mol. The van der Waals surface area contributed by atoms with Crippen LogP contribution < -0.4 is 5.43 Å². The molecule has 2 amide bonds. The van der Waals surface area contributed by atoms with E-state index in [1.54, 1.807) is 18.0 Å². The number of carbonyl (C=O) groups excluding carboxylic acids is 2. The number of nitrogens with zero attached hydrogens (tertiary/aromatic N) is 3. The summed E-state index contributed by atoms with van der Waals surface area (Å²) in [6, 6.07) is 16.2. The van der Waals surface area contributed by atoms with Gasteiger partial charge in [-0.05, 0) is 47.6 Å². The SMILES string of the molecule is CN(CC1CC1)C(=O)c1cc(C(=O)NN(Cc2ccc(-c3cccc(Cl)c3)cc2)CC(O)C(=O)O)[nH]n1. The number of hydrogen-bond acceptors (Lipinski definition) is 6. The van der Waals surface area contributed by atoms with Crippen molar-refractivity contribution in [1.82, 2.24) is 25.5 Å². The van der Waals surface area contributed by atoms with Gasteiger partial charge in [-0.3, -0.25) is 20.1 Å². The Morgan fingerprint density at radius 1 is 1.14 bits per heavy atom. The topological polar surface area (TPSA) is 139 Å². The normalized spacial score (nSPS) is 13.8. The number of amides is 2. The molecule has 0 saturated heterocycles. The number of aromatic nitrogens is 2. The van der Waals surface area contributed by atoms with Gasteiger partial charge < -0.3 is 15.1 Å². The third-order valence-corrected chi connectivity index (χ3v) is 6.28. The van der Waals surface area contributed by atoms with Crippen molar-refractivity contribution in [2.45, 2.75) is 25.5 Å². The molecule has 2 aromatic carbocycles. The molecule has 3 aromatic rings. The number of aromatic amines is 1. The molecule has 1 fully saturated rings. The lowest BCUT2D eigenvalue weighted by Gasteiger charge is -2.24. The average molecular weight is 526 g/mol. The second kappa shape index (κ2) is 11.5. The third-order valence-electron chi connectivity index (χ3n) is 6.04. The highest BCUT2D eigenvalue weighted by atomic mass is 35.5. The van der Waals surface area contributed by atoms with E-state index >= 15 is 0 Å². The fourth-order valence-electron chi connectivity index (χ4n) is 3.85. The van der Waals surface area contributed by atoms with Crippen molar-refractivity contribution in [3.8, 4) is 11.1 Å². The minimum absolute atomic E-state index is 0.0364. The molecule has 4 rings (SSSR count). The number of aliphatic carboxylic acids is 1. The molecule has 1 atom stereocenters. The Bertz CT molecular complexity index is 1270. The van der Waals surface area contributed by atoms with Gasteiger partial charge in [0, 0.05) is 31.2 Å². The molecule has 1 unspecified atom stereocenters. The average Bonchev–Trinajstić information content (AvgIpc) is 3.54. The first-order valence-corrected chi connectivity index (χ1v) is 12.2. The molecule has 4 N–H and O–H groups in total. The van der Waals surface area contributed by atoms with Crippen LogP contribution in [0.5, 0.6) is 0 Å². The lowest BCUT2D eigenvalue weighted by molar-refractivity contribution is -0.148. The van der Waals surface area contributed by atoms with Gasteiger partial charge in [-0.15, -0.1) is 0 Å². The van der Waals surface area contributed by atoms with Crippen molar-refractivity contribution in [3.63, 3.8) is 0 Å². The van der Waals surface area contributed by atoms with Crippen molar-refractivity contribution in [1.29, 1.82) is 0 Å². The number of hydrogen-bond donors (Lipinski definition) is 4. The maximum atomic E-state index is 12.9. The number of benzene rings is 2. The summed E-state index contributed by atoms with van der Waals surface area (Å²) in [7, 11) is 1.70. The number of hydrazine groups is 1. The van der Waals surface area contributed by atoms with Gasteiger partial charge in [-0.2, -0.15) is 5.10 Å². The molecule has 1 aliphatic carbocycles. The first-order chi connectivity index (χ1) is 17.7. The van der Waals surface area contributed by atoms with E-state index in [4.69, 9.17) is 16.7 Å². The Morgan fingerprint density at radius 3 is 2.51 bits per heavy atom. The summed E-state index contributed by atoms with van der Waals surface area (Å²) in [5.41, 5.74) is 5.40. The van der Waals surface area contributed by atoms with Crippen molar-refractivity contribution < 1.29 is 24.6 Å². The Morgan fingerprint density at radius 2 is 1.86 bits per heavy atom. The molecular formula is C26H28ClN5O5. The number of rotatable bonds is 11. The van der Waals surface area contributed by atoms with E-state index in [-0.39, 0.29) is 30.4 Å². The second-order valence-electron chi connectivity index (χ2n) is 9.18. The van der Waals surface area contributed by atoms with E-state index in [0.29, 0.717) is 17.5 Å². The Balaban J connectivity index is 1.44. The van der Waals surface area contributed by atoms with E-state index in [1.807, 2.05) is 42.5 Å². The predicted octanol–water partition coefficient (Wildman–Crippen LogP) is 2.80. The summed E-state index contributed by atoms with van der Waals surface area (Å²) in [6.07, 6.45) is 0.487. The first-order valence-electron chi connectivity index (χ1n) is 11.8. The molecule has 37 heavy (non-hydrogen) atoms. The number of carboxylic acids is 1. The zero-order valence-corrected chi connectivity index (χ0v) is 21.0. The minimum atomic E-state index is -1.72. The van der Waals surface area contributed by atoms with Crippen LogP contribution in [0.15, 0.2) is 54.6 Å². The molecule has 0 radical (unpaired) electrons. The fourth-order valence-corrected chi connectivity index (χ4v) is 4.04. The van der Waals surface area contributed by atoms with Crippen molar-refractivity contribution in [2.75, 3.05) is 20.1 Å². The number of nitrogens with one attached hydrogen (secondary N) is 2. The van der Waals surface area contributed by atoms with Crippen LogP contribution in [0, 0.1) is 5.92 Å². The van der Waals surface area contributed by atoms with Crippen molar-refractivity contribution in [2.24, 2.45) is 5.92 Å². The molecule has 1 heterocycles. The highest BCUT2D eigenvalue weighted by molar-refractivity contribution is 6.30. The monoisotopic (exact) mass is 525 g/mol. The first kappa shape index (κ1) is 26.3. The fraction of sp³-hybridized carbons (Fsp3) is 0.308. The summed E-state index contributed by atoms with van der Waals surface area (Å²) < 4.78 is 0. The van der Waals surface area contributed by atoms with Crippen LogP contribution >= 0.6 is 11.6 Å². The van der Waals surface area contributed by atoms with Gasteiger partial charge in [0.2, 0.25) is 0 Å². The molecule has 11 heteroatoms. The third kappa shape index (κ3) is 7.16. The number of carboxylic acid groups (broad SMARTS) is 1. The predicted molar refractivity (Wildman–Crippen MR) is 137 cm³/mol. The number of aliphatic hydroxyl groups excluding tert-OH is 1. The van der Waals surface area contributed by atoms with Gasteiger partial charge in [-0.25, -0.2) is 9.80 Å². The summed E-state index contributed by atoms with van der Waals surface area (Å²) in [5.74, 6) is -1.81. The Hall–Kier alpha value is -3.73. The molecule has 194 valence electrons. The molecule has 0 bridgehead atoms. The molecule has 1 aromatic heterocycles. The number of carbonyl (C=O) groups is 3. The maximum absolute atomic E-state index is 12.9. The highest BCUT2D eigenvalue weighted by Crippen LogP contribution is 2.29. The van der Waals surface area contributed by atoms with Crippen molar-refractivity contribution >= 4 is 29.4 Å². The van der Waals surface area contributed by atoms with E-state index in [2.05, 4.69) is 15.6 Å². The van der Waals surface area contributed by atoms with E-state index in [9.17, 15) is 19.5 Å². The molecule has 0 spiro atoms. The lowest BCUT2D eigenvalue weighted by atomic mass is 10.0. The maximum Gasteiger partial charge on any atom is 0.333 e. The van der Waals surface area contributed by atoms with Gasteiger partial charge in [-0.1, -0.05) is 48.0 Å². The zero-order valence-electron chi connectivity index (χ0n) is 20.2. The quantitative estimate of drug-likeness (QED) is 0.282. The van der Waals surface area contributed by atoms with Gasteiger partial charge in [0.1, 0.15) is 5.69 Å². The lowest BCUT2D eigenvalue weighted by Crippen LogP contribution is -2.47. The van der Waals surface area contributed by atoms with Crippen LogP contribution in [0.1, 0.15) is 39.4 Å². The molecule has 0 aliphatic heterocycles. The van der Waals surface area contributed by atoms with Gasteiger partial charge in [0.05, 0.1) is 6.54 Å². The van der Waals surface area contributed by atoms with E-state index < -0.39 is 18.0 Å². The largest absolute Gasteiger partial charge is 0.479 e. The second-order valence-corrected chi connectivity index (χ2v) is 9.62. The van der Waals surface area contributed by atoms with Crippen LogP contribution in [0.4, 0.5) is 0 Å². The molecule has 1 aliphatic rings. The van der Waals surface area contributed by atoms with Gasteiger partial charge in [0.25, 0.3) is 11.8 Å². The van der Waals surface area contributed by atoms with Crippen LogP contribution in [0.2, 0.25) is 5.02 Å². The van der Waals surface area contributed by atoms with Crippen LogP contribution in [0.25, 0.3) is 11.1 Å². The van der Waals surface area contributed by atoms with E-state index in [0.717, 1.165) is 29.5 Å². The van der Waals surface area contributed by atoms with Gasteiger partial charge >= 0.3 is 5.97 Å². The number of aliphatic hydroxyl groups is 1. The summed E-state index contributed by atoms with van der Waals surface area (Å²) in [5, 5.41) is 27.5. The number of H-pyrrole nitrogens is 1. The standard InChI is InChI=1S/C26H28ClN5O5/c1-31(13-16-5-6-16)25(35)22-12-21(28-29-22)24(34)30-32(15-23(33)26(36)37)14-17-7-9-18(10-8-17)19-3-2-4-20(27)11-19/h2-4,7-12,16,23,33H,5-6,13-15H2,1H3,(H,28,29)(H,30,34)(H,36,37). The molecule has 10 nitrogen and oxygen atoms in total. The van der Waals surface area contributed by atoms with Gasteiger partial charge in [0.15, 0.2) is 11.8 Å². The van der Waals surface area contributed by atoms with Crippen LogP contribution in [-0.2, 0) is 11.3 Å². The summed E-state index contributed by atoms with van der Waals surface area (Å²) in [4.78, 5) is 38.3. The highest BCUT2D eigenvalue weighted by Gasteiger charge is 2.27. The summed E-state index contributed by atoms with van der Waals surface area (Å²) in [6.45, 7) is 0.404. The zero-order chi connectivity index (χ0) is 26.5. The Labute approximate surface area is 218 Å². The van der Waals surface area contributed by atoms with Crippen LogP contribution in [-0.4, -0.2) is 74.3 Å². The summed E-state index contributed by atoms with van der Waals surface area (Å²) >= 11 is 6.08.